The molecule has 0 aromatic heterocycles. The molecular formula is C15H12ClF2N3S. The number of benzene rings is 2. The van der Waals surface area contributed by atoms with Crippen molar-refractivity contribution in [1.29, 1.82) is 0 Å². The van der Waals surface area contributed by atoms with E-state index in [-0.39, 0.29) is 15.8 Å². The number of hydrogen-bond acceptors (Lipinski definition) is 3. The fraction of sp³-hybridized carbons (Fsp3) is 0.0667. The van der Waals surface area contributed by atoms with Gasteiger partial charge in [-0.3, -0.25) is 0 Å². The third-order valence-corrected chi connectivity index (χ3v) is 3.86. The molecule has 22 heavy (non-hydrogen) atoms. The molecule has 0 amide bonds. The van der Waals surface area contributed by atoms with Gasteiger partial charge < -0.3 is 5.73 Å². The van der Waals surface area contributed by atoms with E-state index in [1.54, 1.807) is 0 Å². The van der Waals surface area contributed by atoms with Crippen molar-refractivity contribution in [2.24, 2.45) is 15.9 Å². The maximum atomic E-state index is 13.2. The second-order valence-corrected chi connectivity index (χ2v) is 5.62. The number of nitrogens with zero attached hydrogens (tertiary/aromatic N) is 2. The Bertz CT molecular complexity index is 705. The predicted molar refractivity (Wildman–Crippen MR) is 88.3 cm³/mol. The van der Waals surface area contributed by atoms with Gasteiger partial charge in [-0.25, -0.2) is 8.78 Å². The molecule has 3 nitrogen and oxygen atoms in total. The molecule has 0 saturated heterocycles. The summed E-state index contributed by atoms with van der Waals surface area (Å²) in [7, 11) is 0. The van der Waals surface area contributed by atoms with Crippen LogP contribution in [0, 0.1) is 11.6 Å². The molecule has 0 aliphatic heterocycles. The average molecular weight is 340 g/mol. The Morgan fingerprint density at radius 1 is 1.23 bits per heavy atom. The molecule has 0 radical (unpaired) electrons. The van der Waals surface area contributed by atoms with Crippen molar-refractivity contribution in [3.63, 3.8) is 0 Å². The van der Waals surface area contributed by atoms with Crippen LogP contribution in [0.3, 0.4) is 0 Å². The first-order chi connectivity index (χ1) is 10.6. The number of thioether (sulfide) groups is 1. The van der Waals surface area contributed by atoms with Crippen molar-refractivity contribution in [1.82, 2.24) is 0 Å². The molecule has 0 spiro atoms. The van der Waals surface area contributed by atoms with E-state index in [1.165, 1.54) is 11.8 Å². The van der Waals surface area contributed by atoms with Crippen molar-refractivity contribution < 1.29 is 8.78 Å². The first kappa shape index (κ1) is 16.5. The van der Waals surface area contributed by atoms with Crippen LogP contribution in [0.25, 0.3) is 0 Å². The van der Waals surface area contributed by atoms with E-state index in [0.29, 0.717) is 11.8 Å². The summed E-state index contributed by atoms with van der Waals surface area (Å²) in [6, 6.07) is 11.5. The first-order valence-electron chi connectivity index (χ1n) is 6.24. The minimum absolute atomic E-state index is 0.101. The summed E-state index contributed by atoms with van der Waals surface area (Å²) in [4.78, 5) is 0. The van der Waals surface area contributed by atoms with E-state index >= 15 is 0 Å². The van der Waals surface area contributed by atoms with Crippen LogP contribution in [0.15, 0.2) is 52.7 Å². The van der Waals surface area contributed by atoms with Crippen molar-refractivity contribution >= 4 is 34.7 Å². The Morgan fingerprint density at radius 3 is 2.68 bits per heavy atom. The van der Waals surface area contributed by atoms with Gasteiger partial charge in [0.2, 0.25) is 0 Å². The van der Waals surface area contributed by atoms with Crippen LogP contribution in [0.5, 0.6) is 0 Å². The van der Waals surface area contributed by atoms with Crippen molar-refractivity contribution in [3.8, 4) is 0 Å². The van der Waals surface area contributed by atoms with Gasteiger partial charge in [-0.1, -0.05) is 53.7 Å². The molecule has 2 N–H and O–H groups in total. The highest BCUT2D eigenvalue weighted by Crippen LogP contribution is 2.20. The van der Waals surface area contributed by atoms with Gasteiger partial charge in [-0.05, 0) is 11.6 Å². The van der Waals surface area contributed by atoms with E-state index in [4.69, 9.17) is 17.3 Å². The Balaban J connectivity index is 1.98. The Hall–Kier alpha value is -1.92. The highest BCUT2D eigenvalue weighted by atomic mass is 35.5. The molecule has 0 saturated carbocycles. The topological polar surface area (TPSA) is 50.7 Å². The Morgan fingerprint density at radius 2 is 1.95 bits per heavy atom. The lowest BCUT2D eigenvalue weighted by atomic mass is 10.2. The molecule has 7 heteroatoms. The number of amidine groups is 1. The fourth-order valence-corrected chi connectivity index (χ4v) is 2.35. The van der Waals surface area contributed by atoms with Crippen LogP contribution >= 0.6 is 23.4 Å². The summed E-state index contributed by atoms with van der Waals surface area (Å²) in [6.07, 6.45) is 1.16. The SMILES string of the molecule is NC(=NN=Cc1cc(F)cc(F)c1Cl)SCc1ccccc1. The van der Waals surface area contributed by atoms with Crippen LogP contribution in [-0.4, -0.2) is 11.4 Å². The monoisotopic (exact) mass is 339 g/mol. The van der Waals surface area contributed by atoms with Crippen LogP contribution in [0.1, 0.15) is 11.1 Å². The molecule has 0 heterocycles. The molecular weight excluding hydrogens is 328 g/mol. The first-order valence-corrected chi connectivity index (χ1v) is 7.60. The number of rotatable bonds is 4. The third kappa shape index (κ3) is 4.82. The molecule has 0 bridgehead atoms. The predicted octanol–water partition coefficient (Wildman–Crippen LogP) is 4.20. The molecule has 2 aromatic rings. The maximum absolute atomic E-state index is 13.2. The van der Waals surface area contributed by atoms with Gasteiger partial charge in [-0.2, -0.15) is 5.10 Å². The van der Waals surface area contributed by atoms with Gasteiger partial charge in [0.1, 0.15) is 11.6 Å². The van der Waals surface area contributed by atoms with Gasteiger partial charge in [0.15, 0.2) is 5.17 Å². The number of nitrogens with two attached hydrogens (primary N) is 1. The Labute approximate surface area is 135 Å². The van der Waals surface area contributed by atoms with Crippen LogP contribution < -0.4 is 5.73 Å². The van der Waals surface area contributed by atoms with Crippen LogP contribution in [0.2, 0.25) is 5.02 Å². The molecule has 0 aliphatic carbocycles. The lowest BCUT2D eigenvalue weighted by molar-refractivity contribution is 0.583. The van der Waals surface area contributed by atoms with E-state index in [0.717, 1.165) is 17.8 Å². The summed E-state index contributed by atoms with van der Waals surface area (Å²) in [5.74, 6) is -0.932. The largest absolute Gasteiger partial charge is 0.377 e. The normalized spacial score (nSPS) is 12.0. The second kappa shape index (κ2) is 7.91. The van der Waals surface area contributed by atoms with Crippen LogP contribution in [0.4, 0.5) is 8.78 Å². The zero-order chi connectivity index (χ0) is 15.9. The lowest BCUT2D eigenvalue weighted by Crippen LogP contribution is -2.06. The lowest BCUT2D eigenvalue weighted by Gasteiger charge is -2.00. The second-order valence-electron chi connectivity index (χ2n) is 4.25. The smallest absolute Gasteiger partial charge is 0.180 e. The standard InChI is InChI=1S/C15H12ClF2N3S/c16-14-11(6-12(17)7-13(14)18)8-20-21-15(19)22-9-10-4-2-1-3-5-10/h1-8H,9H2,(H2,19,21). The van der Waals surface area contributed by atoms with Gasteiger partial charge in [0, 0.05) is 17.4 Å². The van der Waals surface area contributed by atoms with E-state index in [9.17, 15) is 8.78 Å². The van der Waals surface area contributed by atoms with Gasteiger partial charge in [-0.15, -0.1) is 5.10 Å². The highest BCUT2D eigenvalue weighted by Gasteiger charge is 2.07. The average Bonchev–Trinajstić information content (AvgIpc) is 2.51. The summed E-state index contributed by atoms with van der Waals surface area (Å²) in [6.45, 7) is 0. The summed E-state index contributed by atoms with van der Waals surface area (Å²) in [5.41, 5.74) is 6.90. The maximum Gasteiger partial charge on any atom is 0.180 e. The molecule has 2 rings (SSSR count). The fourth-order valence-electron chi connectivity index (χ4n) is 1.58. The highest BCUT2D eigenvalue weighted by molar-refractivity contribution is 8.13. The number of halogens is 3. The Kier molecular flexibility index (Phi) is 5.91. The van der Waals surface area contributed by atoms with Crippen molar-refractivity contribution in [2.45, 2.75) is 5.75 Å². The van der Waals surface area contributed by atoms with E-state index in [1.807, 2.05) is 30.3 Å². The minimum atomic E-state index is -0.849. The molecule has 0 atom stereocenters. The van der Waals surface area contributed by atoms with E-state index < -0.39 is 11.6 Å². The minimum Gasteiger partial charge on any atom is -0.377 e. The van der Waals surface area contributed by atoms with Crippen LogP contribution in [-0.2, 0) is 5.75 Å². The van der Waals surface area contributed by atoms with Crippen molar-refractivity contribution in [3.05, 3.63) is 70.2 Å². The van der Waals surface area contributed by atoms with E-state index in [2.05, 4.69) is 10.2 Å². The van der Waals surface area contributed by atoms with Crippen molar-refractivity contribution in [2.75, 3.05) is 0 Å². The summed E-state index contributed by atoms with van der Waals surface area (Å²) < 4.78 is 26.3. The zero-order valence-corrected chi connectivity index (χ0v) is 12.9. The molecule has 2 aromatic carbocycles. The van der Waals surface area contributed by atoms with Gasteiger partial charge in [0.05, 0.1) is 11.2 Å². The molecule has 0 fully saturated rings. The number of hydrogen-bond donors (Lipinski definition) is 1. The molecule has 0 aliphatic rings. The van der Waals surface area contributed by atoms with Gasteiger partial charge in [0.25, 0.3) is 0 Å². The zero-order valence-electron chi connectivity index (χ0n) is 11.3. The summed E-state index contributed by atoms with van der Waals surface area (Å²) >= 11 is 7.01. The quantitative estimate of drug-likeness (QED) is 0.393. The molecule has 114 valence electrons. The third-order valence-electron chi connectivity index (χ3n) is 2.60. The molecule has 0 unspecified atom stereocenters. The summed E-state index contributed by atoms with van der Waals surface area (Å²) in [5, 5.41) is 7.49. The van der Waals surface area contributed by atoms with Gasteiger partial charge >= 0.3 is 0 Å².